The highest BCUT2D eigenvalue weighted by Crippen LogP contribution is 2.17. The van der Waals surface area contributed by atoms with Gasteiger partial charge >= 0.3 is 0 Å². The predicted octanol–water partition coefficient (Wildman–Crippen LogP) is 0.533. The van der Waals surface area contributed by atoms with E-state index < -0.39 is 10.0 Å². The molecule has 0 aromatic carbocycles. The number of H-pyrrole nitrogens is 1. The zero-order valence-electron chi connectivity index (χ0n) is 12.3. The van der Waals surface area contributed by atoms with Crippen LogP contribution < -0.4 is 10.0 Å². The molecule has 0 amide bonds. The number of rotatable bonds is 10. The van der Waals surface area contributed by atoms with Crippen LogP contribution in [0.2, 0.25) is 0 Å². The molecule has 0 unspecified atom stereocenters. The summed E-state index contributed by atoms with van der Waals surface area (Å²) in [6.07, 6.45) is 2.67. The summed E-state index contributed by atoms with van der Waals surface area (Å²) >= 11 is 0. The van der Waals surface area contributed by atoms with E-state index in [4.69, 9.17) is 4.74 Å². The van der Waals surface area contributed by atoms with Crippen LogP contribution in [0.1, 0.15) is 30.7 Å². The molecular weight excluding hydrogens is 280 g/mol. The van der Waals surface area contributed by atoms with Gasteiger partial charge in [-0.2, -0.15) is 5.10 Å². The first-order valence-electron chi connectivity index (χ1n) is 6.70. The van der Waals surface area contributed by atoms with Gasteiger partial charge in [0.1, 0.15) is 4.90 Å². The smallest absolute Gasteiger partial charge is 0.244 e. The summed E-state index contributed by atoms with van der Waals surface area (Å²) in [6.45, 7) is 3.25. The molecule has 0 bridgehead atoms. The van der Waals surface area contributed by atoms with E-state index >= 15 is 0 Å². The summed E-state index contributed by atoms with van der Waals surface area (Å²) in [4.78, 5) is 0.253. The molecule has 20 heavy (non-hydrogen) atoms. The molecule has 0 aliphatic heterocycles. The number of hydrogen-bond donors (Lipinski definition) is 3. The number of sulfonamides is 1. The Bertz CT molecular complexity index is 499. The minimum atomic E-state index is -3.51. The number of aryl methyl sites for hydroxylation is 1. The third-order valence-corrected chi connectivity index (χ3v) is 4.55. The third kappa shape index (κ3) is 4.86. The van der Waals surface area contributed by atoms with Gasteiger partial charge in [0.2, 0.25) is 10.0 Å². The molecule has 0 aliphatic carbocycles. The largest absolute Gasteiger partial charge is 0.385 e. The second-order valence-electron chi connectivity index (χ2n) is 4.61. The average Bonchev–Trinajstić information content (AvgIpc) is 2.76. The molecule has 0 atom stereocenters. The van der Waals surface area contributed by atoms with Crippen molar-refractivity contribution in [1.82, 2.24) is 20.2 Å². The number of methoxy groups -OCH3 is 1. The highest BCUT2D eigenvalue weighted by atomic mass is 32.2. The lowest BCUT2D eigenvalue weighted by atomic mass is 10.2. The van der Waals surface area contributed by atoms with Gasteiger partial charge in [0, 0.05) is 26.8 Å². The van der Waals surface area contributed by atoms with Gasteiger partial charge in [0.25, 0.3) is 0 Å². The van der Waals surface area contributed by atoms with E-state index in [1.165, 1.54) is 0 Å². The van der Waals surface area contributed by atoms with Crippen molar-refractivity contribution in [1.29, 1.82) is 0 Å². The molecule has 1 rings (SSSR count). The Labute approximate surface area is 120 Å². The van der Waals surface area contributed by atoms with Crippen LogP contribution >= 0.6 is 0 Å². The topological polar surface area (TPSA) is 96.1 Å². The molecule has 0 saturated carbocycles. The van der Waals surface area contributed by atoms with Crippen molar-refractivity contribution in [2.24, 2.45) is 0 Å². The maximum absolute atomic E-state index is 12.3. The van der Waals surface area contributed by atoms with Crippen molar-refractivity contribution < 1.29 is 13.2 Å². The van der Waals surface area contributed by atoms with Crippen LogP contribution in [0.5, 0.6) is 0 Å². The second kappa shape index (κ2) is 8.35. The van der Waals surface area contributed by atoms with Gasteiger partial charge in [-0.25, -0.2) is 13.1 Å². The number of nitrogens with zero attached hydrogens (tertiary/aromatic N) is 1. The molecular formula is C12H24N4O3S. The summed E-state index contributed by atoms with van der Waals surface area (Å²) in [5, 5.41) is 9.65. The maximum atomic E-state index is 12.3. The van der Waals surface area contributed by atoms with Crippen LogP contribution in [0.25, 0.3) is 0 Å². The first kappa shape index (κ1) is 17.1. The predicted molar refractivity (Wildman–Crippen MR) is 77.0 cm³/mol. The first-order valence-corrected chi connectivity index (χ1v) is 8.18. The van der Waals surface area contributed by atoms with Crippen LogP contribution in [0.4, 0.5) is 0 Å². The van der Waals surface area contributed by atoms with Crippen molar-refractivity contribution in [3.8, 4) is 0 Å². The van der Waals surface area contributed by atoms with Gasteiger partial charge in [0.15, 0.2) is 0 Å². The van der Waals surface area contributed by atoms with Crippen LogP contribution in [-0.2, 0) is 21.3 Å². The fourth-order valence-electron chi connectivity index (χ4n) is 1.94. The molecule has 7 nitrogen and oxygen atoms in total. The van der Waals surface area contributed by atoms with Gasteiger partial charge in [0.05, 0.1) is 11.4 Å². The Morgan fingerprint density at radius 3 is 2.70 bits per heavy atom. The summed E-state index contributed by atoms with van der Waals surface area (Å²) in [5.74, 6) is 0. The van der Waals surface area contributed by atoms with E-state index in [1.807, 2.05) is 0 Å². The first-order chi connectivity index (χ1) is 9.53. The summed E-state index contributed by atoms with van der Waals surface area (Å²) in [5.41, 5.74) is 1.07. The van der Waals surface area contributed by atoms with E-state index in [0.29, 0.717) is 31.1 Å². The molecule has 0 saturated heterocycles. The van der Waals surface area contributed by atoms with Crippen LogP contribution in [-0.4, -0.2) is 45.9 Å². The van der Waals surface area contributed by atoms with Gasteiger partial charge in [-0.05, 0) is 33.2 Å². The molecule has 0 fully saturated rings. The van der Waals surface area contributed by atoms with Crippen molar-refractivity contribution in [3.05, 3.63) is 11.4 Å². The van der Waals surface area contributed by atoms with Gasteiger partial charge in [-0.3, -0.25) is 5.10 Å². The molecule has 0 radical (unpaired) electrons. The zero-order chi connectivity index (χ0) is 15.0. The lowest BCUT2D eigenvalue weighted by Gasteiger charge is -2.08. The number of aromatic amines is 1. The summed E-state index contributed by atoms with van der Waals surface area (Å²) in [6, 6.07) is 0. The number of unbranched alkanes of at least 4 members (excludes halogenated alkanes) is 2. The number of hydrogen-bond acceptors (Lipinski definition) is 5. The van der Waals surface area contributed by atoms with E-state index in [-0.39, 0.29) is 4.90 Å². The maximum Gasteiger partial charge on any atom is 0.244 e. The van der Waals surface area contributed by atoms with E-state index in [0.717, 1.165) is 19.3 Å². The Morgan fingerprint density at radius 1 is 1.30 bits per heavy atom. The monoisotopic (exact) mass is 304 g/mol. The Morgan fingerprint density at radius 2 is 2.05 bits per heavy atom. The lowest BCUT2D eigenvalue weighted by molar-refractivity contribution is 0.192. The summed E-state index contributed by atoms with van der Waals surface area (Å²) < 4.78 is 32.1. The number of ether oxygens (including phenoxy) is 1. The van der Waals surface area contributed by atoms with Crippen molar-refractivity contribution in [2.45, 2.75) is 37.6 Å². The molecule has 1 aromatic heterocycles. The Balaban J connectivity index is 2.58. The normalized spacial score (nSPS) is 11.9. The number of nitrogens with one attached hydrogen (secondary N) is 3. The lowest BCUT2D eigenvalue weighted by Crippen LogP contribution is -2.26. The van der Waals surface area contributed by atoms with Gasteiger partial charge < -0.3 is 10.1 Å². The zero-order valence-corrected chi connectivity index (χ0v) is 13.1. The molecule has 0 aliphatic rings. The Kier molecular flexibility index (Phi) is 7.14. The standard InChI is InChI=1S/C12H24N4O3S/c1-10-12(11(9-13-2)16-15-10)20(17,18)14-7-5-4-6-8-19-3/h13-14H,4-9H2,1-3H3,(H,15,16). The van der Waals surface area contributed by atoms with Gasteiger partial charge in [-0.1, -0.05) is 0 Å². The number of aromatic nitrogens is 2. The van der Waals surface area contributed by atoms with Crippen LogP contribution in [0.3, 0.4) is 0 Å². The van der Waals surface area contributed by atoms with E-state index in [9.17, 15) is 8.42 Å². The fraction of sp³-hybridized carbons (Fsp3) is 0.750. The van der Waals surface area contributed by atoms with Gasteiger partial charge in [-0.15, -0.1) is 0 Å². The highest BCUT2D eigenvalue weighted by Gasteiger charge is 2.23. The second-order valence-corrected chi connectivity index (χ2v) is 6.31. The molecule has 0 spiro atoms. The van der Waals surface area contributed by atoms with Crippen molar-refractivity contribution >= 4 is 10.0 Å². The van der Waals surface area contributed by atoms with E-state index in [1.54, 1.807) is 21.1 Å². The molecule has 1 aromatic rings. The van der Waals surface area contributed by atoms with Crippen molar-refractivity contribution in [3.63, 3.8) is 0 Å². The molecule has 3 N–H and O–H groups in total. The highest BCUT2D eigenvalue weighted by molar-refractivity contribution is 7.89. The fourth-order valence-corrected chi connectivity index (χ4v) is 3.37. The molecule has 1 heterocycles. The quantitative estimate of drug-likeness (QED) is 0.548. The third-order valence-electron chi connectivity index (χ3n) is 2.89. The van der Waals surface area contributed by atoms with Crippen LogP contribution in [0, 0.1) is 6.92 Å². The van der Waals surface area contributed by atoms with Crippen molar-refractivity contribution in [2.75, 3.05) is 27.3 Å². The molecule has 116 valence electrons. The SMILES string of the molecule is CNCc1n[nH]c(C)c1S(=O)(=O)NCCCCCOC. The van der Waals surface area contributed by atoms with Crippen LogP contribution in [0.15, 0.2) is 4.90 Å². The minimum Gasteiger partial charge on any atom is -0.385 e. The molecule has 8 heteroatoms. The summed E-state index contributed by atoms with van der Waals surface area (Å²) in [7, 11) is -0.0942. The van der Waals surface area contributed by atoms with E-state index in [2.05, 4.69) is 20.2 Å². The average molecular weight is 304 g/mol. The minimum absolute atomic E-state index is 0.253. The Hall–Kier alpha value is -0.960.